The number of nitrogens with one attached hydrogen (secondary N) is 2. The Labute approximate surface area is 85.9 Å². The first-order valence-corrected chi connectivity index (χ1v) is 4.70. The second kappa shape index (κ2) is 3.20. The van der Waals surface area contributed by atoms with Crippen LogP contribution in [0.1, 0.15) is 11.6 Å². The molecule has 74 valence electrons. The first kappa shape index (κ1) is 8.16. The second-order valence-electron chi connectivity index (χ2n) is 3.32. The zero-order valence-corrected chi connectivity index (χ0v) is 7.88. The minimum atomic E-state index is 0.210. The summed E-state index contributed by atoms with van der Waals surface area (Å²) in [5, 5.41) is 17.7. The van der Waals surface area contributed by atoms with E-state index in [4.69, 9.17) is 0 Å². The number of H-pyrrole nitrogens is 2. The van der Waals surface area contributed by atoms with Gasteiger partial charge in [-0.3, -0.25) is 5.10 Å². The van der Waals surface area contributed by atoms with E-state index in [0.29, 0.717) is 0 Å². The number of nitrogens with zero attached hydrogens (tertiary/aromatic N) is 3. The maximum Gasteiger partial charge on any atom is 0.134 e. The predicted octanol–water partition coefficient (Wildman–Crippen LogP) is 1.40. The zero-order valence-electron chi connectivity index (χ0n) is 7.88. The number of aromatic amines is 2. The fraction of sp³-hybridized carbons (Fsp3) is 0.100. The van der Waals surface area contributed by atoms with Crippen molar-refractivity contribution in [3.63, 3.8) is 0 Å². The Morgan fingerprint density at radius 3 is 2.73 bits per heavy atom. The van der Waals surface area contributed by atoms with Crippen molar-refractivity contribution in [1.82, 2.24) is 25.6 Å². The molecule has 2 aromatic heterocycles. The van der Waals surface area contributed by atoms with Crippen LogP contribution in [0.15, 0.2) is 36.6 Å². The molecule has 0 amide bonds. The van der Waals surface area contributed by atoms with Gasteiger partial charge in [0.15, 0.2) is 0 Å². The fourth-order valence-electron chi connectivity index (χ4n) is 1.67. The highest BCUT2D eigenvalue weighted by Crippen LogP contribution is 2.27. The van der Waals surface area contributed by atoms with E-state index in [1.807, 2.05) is 18.2 Å². The van der Waals surface area contributed by atoms with E-state index in [-0.39, 0.29) is 5.92 Å². The third-order valence-electron chi connectivity index (χ3n) is 2.39. The van der Waals surface area contributed by atoms with Crippen LogP contribution in [0.25, 0.3) is 11.4 Å². The van der Waals surface area contributed by atoms with Crippen LogP contribution < -0.4 is 0 Å². The molecule has 0 saturated heterocycles. The predicted molar refractivity (Wildman–Crippen MR) is 55.0 cm³/mol. The van der Waals surface area contributed by atoms with Crippen LogP contribution in [-0.2, 0) is 0 Å². The topological polar surface area (TPSA) is 70.2 Å². The minimum Gasteiger partial charge on any atom is -0.276 e. The van der Waals surface area contributed by atoms with Gasteiger partial charge >= 0.3 is 0 Å². The monoisotopic (exact) mass is 199 g/mol. The Morgan fingerprint density at radius 2 is 2.00 bits per heavy atom. The lowest BCUT2D eigenvalue weighted by Gasteiger charge is -2.01. The minimum absolute atomic E-state index is 0.210. The largest absolute Gasteiger partial charge is 0.276 e. The fourth-order valence-corrected chi connectivity index (χ4v) is 1.67. The quantitative estimate of drug-likeness (QED) is 0.768. The summed E-state index contributed by atoms with van der Waals surface area (Å²) in [5.74, 6) is 0.210. The lowest BCUT2D eigenvalue weighted by Crippen LogP contribution is -1.93. The van der Waals surface area contributed by atoms with Crippen LogP contribution in [0.2, 0.25) is 0 Å². The third kappa shape index (κ3) is 1.28. The zero-order chi connectivity index (χ0) is 10.1. The Hall–Kier alpha value is -2.17. The molecule has 0 bridgehead atoms. The van der Waals surface area contributed by atoms with Crippen molar-refractivity contribution in [3.8, 4) is 11.4 Å². The number of hydrogen-bond acceptors (Lipinski definition) is 3. The van der Waals surface area contributed by atoms with Gasteiger partial charge in [-0.1, -0.05) is 24.3 Å². The number of aromatic nitrogens is 5. The van der Waals surface area contributed by atoms with Gasteiger partial charge in [-0.15, -0.1) is 0 Å². The van der Waals surface area contributed by atoms with E-state index >= 15 is 0 Å². The molecular formula is C10H9N5. The molecule has 2 aromatic rings. The molecule has 3 rings (SSSR count). The molecule has 0 atom stereocenters. The molecule has 0 aliphatic heterocycles. The molecule has 0 radical (unpaired) electrons. The summed E-state index contributed by atoms with van der Waals surface area (Å²) < 4.78 is 0. The Morgan fingerprint density at radius 1 is 1.13 bits per heavy atom. The lowest BCUT2D eigenvalue weighted by molar-refractivity contribution is 0.900. The molecule has 0 spiro atoms. The van der Waals surface area contributed by atoms with Gasteiger partial charge in [0, 0.05) is 12.1 Å². The molecule has 0 saturated carbocycles. The van der Waals surface area contributed by atoms with Gasteiger partial charge in [-0.05, 0) is 6.07 Å². The van der Waals surface area contributed by atoms with Gasteiger partial charge in [0.1, 0.15) is 11.4 Å². The first-order chi connectivity index (χ1) is 7.45. The molecule has 2 heterocycles. The van der Waals surface area contributed by atoms with E-state index < -0.39 is 0 Å². The van der Waals surface area contributed by atoms with E-state index in [0.717, 1.165) is 17.1 Å². The standard InChI is InChI=1S/C10H9N5/c1-2-4-7(3-1)9-10(14-15-13-9)8-5-6-11-12-8/h1-7H,(H,11,12)(H,13,14,15). The molecule has 5 nitrogen and oxygen atoms in total. The van der Waals surface area contributed by atoms with Crippen LogP contribution in [0.4, 0.5) is 0 Å². The maximum atomic E-state index is 4.17. The maximum absolute atomic E-state index is 4.17. The first-order valence-electron chi connectivity index (χ1n) is 4.70. The van der Waals surface area contributed by atoms with Crippen LogP contribution in [-0.4, -0.2) is 25.6 Å². The molecule has 0 unspecified atom stereocenters. The average Bonchev–Trinajstić information content (AvgIpc) is 3.01. The van der Waals surface area contributed by atoms with Gasteiger partial charge in [-0.2, -0.15) is 20.5 Å². The Bertz CT molecular complexity index is 494. The molecule has 0 aromatic carbocycles. The highest BCUT2D eigenvalue weighted by molar-refractivity contribution is 5.58. The molecular weight excluding hydrogens is 190 g/mol. The summed E-state index contributed by atoms with van der Waals surface area (Å²) in [4.78, 5) is 0. The second-order valence-corrected chi connectivity index (χ2v) is 3.32. The van der Waals surface area contributed by atoms with E-state index in [9.17, 15) is 0 Å². The van der Waals surface area contributed by atoms with Gasteiger partial charge < -0.3 is 0 Å². The van der Waals surface area contributed by atoms with Gasteiger partial charge in [0.2, 0.25) is 0 Å². The van der Waals surface area contributed by atoms with Crippen molar-refractivity contribution in [2.45, 2.75) is 5.92 Å². The van der Waals surface area contributed by atoms with Crippen molar-refractivity contribution in [3.05, 3.63) is 42.3 Å². The van der Waals surface area contributed by atoms with Crippen LogP contribution in [0.5, 0.6) is 0 Å². The SMILES string of the molecule is C1=CC(c2n[nH]nc2-c2ccn[nH]2)C=C1. The Kier molecular flexibility index (Phi) is 1.74. The highest BCUT2D eigenvalue weighted by atomic mass is 15.3. The van der Waals surface area contributed by atoms with Gasteiger partial charge in [0.05, 0.1) is 5.69 Å². The smallest absolute Gasteiger partial charge is 0.134 e. The van der Waals surface area contributed by atoms with E-state index in [1.165, 1.54) is 0 Å². The molecule has 0 fully saturated rings. The molecule has 5 heteroatoms. The lowest BCUT2D eigenvalue weighted by atomic mass is 10.0. The summed E-state index contributed by atoms with van der Waals surface area (Å²) in [5.41, 5.74) is 2.63. The summed E-state index contributed by atoms with van der Waals surface area (Å²) in [6, 6.07) is 1.88. The molecule has 1 aliphatic carbocycles. The number of rotatable bonds is 2. The van der Waals surface area contributed by atoms with Crippen molar-refractivity contribution < 1.29 is 0 Å². The average molecular weight is 199 g/mol. The van der Waals surface area contributed by atoms with Crippen molar-refractivity contribution in [1.29, 1.82) is 0 Å². The summed E-state index contributed by atoms with van der Waals surface area (Å²) in [6.07, 6.45) is 9.88. The van der Waals surface area contributed by atoms with Crippen molar-refractivity contribution in [2.75, 3.05) is 0 Å². The number of hydrogen-bond donors (Lipinski definition) is 2. The van der Waals surface area contributed by atoms with E-state index in [1.54, 1.807) is 6.20 Å². The summed E-state index contributed by atoms with van der Waals surface area (Å²) >= 11 is 0. The van der Waals surface area contributed by atoms with Crippen LogP contribution in [0, 0.1) is 0 Å². The molecule has 15 heavy (non-hydrogen) atoms. The van der Waals surface area contributed by atoms with Crippen LogP contribution >= 0.6 is 0 Å². The normalized spacial score (nSPS) is 15.2. The van der Waals surface area contributed by atoms with Crippen molar-refractivity contribution in [2.24, 2.45) is 0 Å². The van der Waals surface area contributed by atoms with Crippen LogP contribution in [0.3, 0.4) is 0 Å². The van der Waals surface area contributed by atoms with E-state index in [2.05, 4.69) is 37.8 Å². The molecule has 2 N–H and O–H groups in total. The van der Waals surface area contributed by atoms with Gasteiger partial charge in [0.25, 0.3) is 0 Å². The molecule has 1 aliphatic rings. The Balaban J connectivity index is 2.06. The summed E-state index contributed by atoms with van der Waals surface area (Å²) in [7, 11) is 0. The summed E-state index contributed by atoms with van der Waals surface area (Å²) in [6.45, 7) is 0. The number of allylic oxidation sites excluding steroid dienone is 4. The highest BCUT2D eigenvalue weighted by Gasteiger charge is 2.18. The third-order valence-corrected chi connectivity index (χ3v) is 2.39. The van der Waals surface area contributed by atoms with Gasteiger partial charge in [-0.25, -0.2) is 0 Å². The van der Waals surface area contributed by atoms with Crippen molar-refractivity contribution >= 4 is 0 Å².